The average Bonchev–Trinajstić information content (AvgIpc) is 2.75. The first-order valence-electron chi connectivity index (χ1n) is 9.35. The zero-order valence-corrected chi connectivity index (χ0v) is 15.2. The summed E-state index contributed by atoms with van der Waals surface area (Å²) in [6, 6.07) is 7.96. The summed E-state index contributed by atoms with van der Waals surface area (Å²) in [5.74, 6) is 2.45. The van der Waals surface area contributed by atoms with Crippen LogP contribution in [0.3, 0.4) is 0 Å². The van der Waals surface area contributed by atoms with E-state index in [1.807, 2.05) is 12.1 Å². The summed E-state index contributed by atoms with van der Waals surface area (Å²) in [6.07, 6.45) is 5.64. The summed E-state index contributed by atoms with van der Waals surface area (Å²) < 4.78 is 5.40. The molecule has 2 fully saturated rings. The average molecular weight is 365 g/mol. The van der Waals surface area contributed by atoms with Gasteiger partial charge in [-0.05, 0) is 31.0 Å². The Balaban J connectivity index is 1.42. The van der Waals surface area contributed by atoms with Gasteiger partial charge < -0.3 is 19.9 Å². The van der Waals surface area contributed by atoms with E-state index >= 15 is 0 Å². The molecule has 0 radical (unpaired) electrons. The Kier molecular flexibility index (Phi) is 5.30. The molecule has 2 aliphatic rings. The van der Waals surface area contributed by atoms with Gasteiger partial charge in [0.05, 0.1) is 24.8 Å². The van der Waals surface area contributed by atoms with Gasteiger partial charge in [0.15, 0.2) is 0 Å². The van der Waals surface area contributed by atoms with E-state index in [0.29, 0.717) is 18.8 Å². The SMILES string of the molecule is N#Cc1ccnc(N2CCCC(Nc3ccnc(N4CCOCC4)n3)C2)c1. The van der Waals surface area contributed by atoms with Crippen LogP contribution in [-0.4, -0.2) is 60.4 Å². The van der Waals surface area contributed by atoms with Gasteiger partial charge in [-0.15, -0.1) is 0 Å². The molecule has 2 aromatic rings. The number of anilines is 3. The Labute approximate surface area is 158 Å². The highest BCUT2D eigenvalue weighted by Crippen LogP contribution is 2.21. The van der Waals surface area contributed by atoms with Crippen LogP contribution in [0, 0.1) is 11.3 Å². The predicted molar refractivity (Wildman–Crippen MR) is 103 cm³/mol. The summed E-state index contributed by atoms with van der Waals surface area (Å²) in [7, 11) is 0. The third-order valence-electron chi connectivity index (χ3n) is 4.91. The maximum atomic E-state index is 9.11. The number of rotatable bonds is 4. The van der Waals surface area contributed by atoms with Crippen molar-refractivity contribution in [3.8, 4) is 6.07 Å². The zero-order chi connectivity index (χ0) is 18.5. The molecule has 4 rings (SSSR count). The van der Waals surface area contributed by atoms with Gasteiger partial charge in [-0.1, -0.05) is 0 Å². The van der Waals surface area contributed by atoms with Crippen LogP contribution in [0.15, 0.2) is 30.6 Å². The van der Waals surface area contributed by atoms with E-state index in [0.717, 1.165) is 56.6 Å². The lowest BCUT2D eigenvalue weighted by atomic mass is 10.1. The number of nitriles is 1. The van der Waals surface area contributed by atoms with Crippen LogP contribution in [0.25, 0.3) is 0 Å². The molecule has 0 saturated carbocycles. The molecule has 8 nitrogen and oxygen atoms in total. The smallest absolute Gasteiger partial charge is 0.227 e. The molecular weight excluding hydrogens is 342 g/mol. The number of piperidine rings is 1. The first-order valence-corrected chi connectivity index (χ1v) is 9.35. The predicted octanol–water partition coefficient (Wildman–Crippen LogP) is 1.66. The van der Waals surface area contributed by atoms with Crippen molar-refractivity contribution in [2.75, 3.05) is 54.5 Å². The van der Waals surface area contributed by atoms with Gasteiger partial charge >= 0.3 is 0 Å². The molecule has 1 atom stereocenters. The highest BCUT2D eigenvalue weighted by molar-refractivity contribution is 5.47. The Morgan fingerprint density at radius 2 is 1.96 bits per heavy atom. The van der Waals surface area contributed by atoms with Crippen molar-refractivity contribution in [1.29, 1.82) is 5.26 Å². The fourth-order valence-electron chi connectivity index (χ4n) is 3.52. The maximum absolute atomic E-state index is 9.11. The highest BCUT2D eigenvalue weighted by Gasteiger charge is 2.22. The molecule has 8 heteroatoms. The van der Waals surface area contributed by atoms with Gasteiger partial charge in [-0.25, -0.2) is 9.97 Å². The summed E-state index contributed by atoms with van der Waals surface area (Å²) in [5, 5.41) is 12.7. The molecule has 0 aliphatic carbocycles. The molecule has 140 valence electrons. The van der Waals surface area contributed by atoms with Gasteiger partial charge in [-0.3, -0.25) is 0 Å². The van der Waals surface area contributed by atoms with Crippen LogP contribution < -0.4 is 15.1 Å². The Bertz CT molecular complexity index is 816. The van der Waals surface area contributed by atoms with Crippen LogP contribution in [0.1, 0.15) is 18.4 Å². The monoisotopic (exact) mass is 365 g/mol. The molecule has 2 saturated heterocycles. The third-order valence-corrected chi connectivity index (χ3v) is 4.91. The highest BCUT2D eigenvalue weighted by atomic mass is 16.5. The number of ether oxygens (including phenoxy) is 1. The van der Waals surface area contributed by atoms with Crippen LogP contribution >= 0.6 is 0 Å². The molecule has 0 aromatic carbocycles. The van der Waals surface area contributed by atoms with Crippen molar-refractivity contribution in [3.05, 3.63) is 36.2 Å². The molecule has 1 N–H and O–H groups in total. The lowest BCUT2D eigenvalue weighted by Gasteiger charge is -2.34. The number of aromatic nitrogens is 3. The first-order chi connectivity index (χ1) is 13.3. The minimum atomic E-state index is 0.277. The topological polar surface area (TPSA) is 90.2 Å². The van der Waals surface area contributed by atoms with Crippen molar-refractivity contribution >= 4 is 17.6 Å². The van der Waals surface area contributed by atoms with Crippen molar-refractivity contribution < 1.29 is 4.74 Å². The van der Waals surface area contributed by atoms with Gasteiger partial charge in [0.2, 0.25) is 5.95 Å². The number of nitrogens with zero attached hydrogens (tertiary/aromatic N) is 6. The van der Waals surface area contributed by atoms with E-state index in [1.54, 1.807) is 18.5 Å². The van der Waals surface area contributed by atoms with Crippen molar-refractivity contribution in [2.45, 2.75) is 18.9 Å². The summed E-state index contributed by atoms with van der Waals surface area (Å²) >= 11 is 0. The van der Waals surface area contributed by atoms with E-state index in [9.17, 15) is 0 Å². The van der Waals surface area contributed by atoms with Crippen molar-refractivity contribution in [3.63, 3.8) is 0 Å². The molecule has 0 spiro atoms. The van der Waals surface area contributed by atoms with E-state index in [2.05, 4.69) is 36.1 Å². The van der Waals surface area contributed by atoms with Gasteiger partial charge in [0.25, 0.3) is 0 Å². The van der Waals surface area contributed by atoms with Crippen LogP contribution in [0.4, 0.5) is 17.6 Å². The minimum absolute atomic E-state index is 0.277. The third kappa shape index (κ3) is 4.26. The van der Waals surface area contributed by atoms with Gasteiger partial charge in [0, 0.05) is 44.6 Å². The molecule has 0 amide bonds. The second kappa shape index (κ2) is 8.18. The van der Waals surface area contributed by atoms with Gasteiger partial charge in [0.1, 0.15) is 11.6 Å². The largest absolute Gasteiger partial charge is 0.378 e. The maximum Gasteiger partial charge on any atom is 0.227 e. The number of hydrogen-bond donors (Lipinski definition) is 1. The molecule has 4 heterocycles. The fraction of sp³-hybridized carbons (Fsp3) is 0.474. The molecule has 27 heavy (non-hydrogen) atoms. The minimum Gasteiger partial charge on any atom is -0.378 e. The van der Waals surface area contributed by atoms with E-state index in [4.69, 9.17) is 10.00 Å². The standard InChI is InChI=1S/C19H23N7O/c20-13-15-3-5-21-18(12-15)26-7-1-2-16(14-26)23-17-4-6-22-19(24-17)25-8-10-27-11-9-25/h3-6,12,16H,1-2,7-11,14H2,(H,22,23,24). The van der Waals surface area contributed by atoms with E-state index < -0.39 is 0 Å². The van der Waals surface area contributed by atoms with Crippen molar-refractivity contribution in [1.82, 2.24) is 15.0 Å². The second-order valence-corrected chi connectivity index (χ2v) is 6.79. The molecule has 0 bridgehead atoms. The van der Waals surface area contributed by atoms with Crippen LogP contribution in [0.2, 0.25) is 0 Å². The van der Waals surface area contributed by atoms with Crippen LogP contribution in [0.5, 0.6) is 0 Å². The first kappa shape index (κ1) is 17.5. The fourth-order valence-corrected chi connectivity index (χ4v) is 3.52. The van der Waals surface area contributed by atoms with Crippen LogP contribution in [-0.2, 0) is 4.74 Å². The quantitative estimate of drug-likeness (QED) is 0.875. The number of pyridine rings is 1. The van der Waals surface area contributed by atoms with E-state index in [1.165, 1.54) is 0 Å². The molecular formula is C19H23N7O. The molecule has 2 aliphatic heterocycles. The lowest BCUT2D eigenvalue weighted by Crippen LogP contribution is -2.43. The second-order valence-electron chi connectivity index (χ2n) is 6.79. The summed E-state index contributed by atoms with van der Waals surface area (Å²) in [5.41, 5.74) is 0.640. The normalized spacial score (nSPS) is 20.2. The number of nitrogens with one attached hydrogen (secondary N) is 1. The zero-order valence-electron chi connectivity index (χ0n) is 15.2. The molecule has 1 unspecified atom stereocenters. The summed E-state index contributed by atoms with van der Waals surface area (Å²) in [4.78, 5) is 17.9. The number of hydrogen-bond acceptors (Lipinski definition) is 8. The molecule has 2 aromatic heterocycles. The van der Waals surface area contributed by atoms with E-state index in [-0.39, 0.29) is 6.04 Å². The Morgan fingerprint density at radius 1 is 1.11 bits per heavy atom. The summed E-state index contributed by atoms with van der Waals surface area (Å²) in [6.45, 7) is 4.85. The lowest BCUT2D eigenvalue weighted by molar-refractivity contribution is 0.122. The van der Waals surface area contributed by atoms with Gasteiger partial charge in [-0.2, -0.15) is 10.2 Å². The van der Waals surface area contributed by atoms with Crippen molar-refractivity contribution in [2.24, 2.45) is 0 Å². The Morgan fingerprint density at radius 3 is 2.81 bits per heavy atom. The Hall–Kier alpha value is -2.92. The number of morpholine rings is 1.